The molecule has 0 aliphatic heterocycles. The summed E-state index contributed by atoms with van der Waals surface area (Å²) >= 11 is 1.36. The van der Waals surface area contributed by atoms with E-state index in [1.807, 2.05) is 5.38 Å². The maximum absolute atomic E-state index is 12.0. The maximum atomic E-state index is 12.0. The van der Waals surface area contributed by atoms with Gasteiger partial charge < -0.3 is 4.74 Å². The molecule has 2 aromatic rings. The Labute approximate surface area is 124 Å². The molecule has 1 heterocycles. The molecule has 1 radical (unpaired) electrons. The number of aromatic nitrogens is 1. The number of rotatable bonds is 6. The fourth-order valence-electron chi connectivity index (χ4n) is 1.86. The van der Waals surface area contributed by atoms with Gasteiger partial charge in [-0.1, -0.05) is 12.1 Å². The first-order valence-electron chi connectivity index (χ1n) is 6.32. The van der Waals surface area contributed by atoms with Crippen molar-refractivity contribution < 1.29 is 23.0 Å². The van der Waals surface area contributed by atoms with Gasteiger partial charge in [0.1, 0.15) is 17.4 Å². The van der Waals surface area contributed by atoms with E-state index in [4.69, 9.17) is 0 Å². The van der Waals surface area contributed by atoms with Crippen molar-refractivity contribution in [1.29, 1.82) is 0 Å². The number of nitrogens with zero attached hydrogens (tertiary/aromatic N) is 1. The van der Waals surface area contributed by atoms with Gasteiger partial charge in [-0.05, 0) is 37.0 Å². The van der Waals surface area contributed by atoms with Crippen LogP contribution in [0, 0.1) is 0 Å². The van der Waals surface area contributed by atoms with Crippen molar-refractivity contribution in [3.63, 3.8) is 0 Å². The third-order valence-electron chi connectivity index (χ3n) is 2.78. The first-order chi connectivity index (χ1) is 9.96. The Balaban J connectivity index is 1.80. The molecule has 0 spiro atoms. The molecule has 0 fully saturated rings. The molecule has 3 nitrogen and oxygen atoms in total. The molecular formula is C14H13F3NO2S. The zero-order valence-electron chi connectivity index (χ0n) is 11.0. The highest BCUT2D eigenvalue weighted by Crippen LogP contribution is 2.23. The number of ether oxygens (including phenoxy) is 1. The molecule has 1 aromatic heterocycles. The fourth-order valence-corrected chi connectivity index (χ4v) is 2.54. The zero-order valence-corrected chi connectivity index (χ0v) is 11.8. The molecule has 0 unspecified atom stereocenters. The van der Waals surface area contributed by atoms with Gasteiger partial charge in [-0.3, -0.25) is 0 Å². The summed E-state index contributed by atoms with van der Waals surface area (Å²) in [5, 5.41) is 13.1. The Bertz CT molecular complexity index is 566. The topological polar surface area (TPSA) is 42.0 Å². The average molecular weight is 316 g/mol. The van der Waals surface area contributed by atoms with Crippen molar-refractivity contribution >= 4 is 11.3 Å². The second-order valence-corrected chi connectivity index (χ2v) is 5.36. The highest BCUT2D eigenvalue weighted by molar-refractivity contribution is 7.09. The minimum Gasteiger partial charge on any atom is -0.406 e. The van der Waals surface area contributed by atoms with Gasteiger partial charge in [-0.15, -0.1) is 24.5 Å². The monoisotopic (exact) mass is 316 g/mol. The summed E-state index contributed by atoms with van der Waals surface area (Å²) in [5.41, 5.74) is 1.83. The summed E-state index contributed by atoms with van der Waals surface area (Å²) < 4.78 is 39.8. The van der Waals surface area contributed by atoms with E-state index in [0.29, 0.717) is 5.01 Å². The second-order valence-electron chi connectivity index (χ2n) is 4.42. The number of hydrogen-bond acceptors (Lipinski definition) is 3. The van der Waals surface area contributed by atoms with E-state index in [2.05, 4.69) is 9.72 Å². The molecule has 1 aromatic carbocycles. The van der Waals surface area contributed by atoms with Crippen molar-refractivity contribution in [3.05, 3.63) is 45.9 Å². The third-order valence-corrected chi connectivity index (χ3v) is 3.65. The summed E-state index contributed by atoms with van der Waals surface area (Å²) in [6.45, 7) is -0.300. The van der Waals surface area contributed by atoms with Crippen molar-refractivity contribution in [3.8, 4) is 5.75 Å². The Kier molecular flexibility index (Phi) is 5.19. The van der Waals surface area contributed by atoms with Crippen molar-refractivity contribution in [2.45, 2.75) is 32.2 Å². The van der Waals surface area contributed by atoms with E-state index in [1.165, 1.54) is 23.5 Å². The molecular weight excluding hydrogens is 303 g/mol. The van der Waals surface area contributed by atoms with Crippen molar-refractivity contribution in [2.75, 3.05) is 0 Å². The van der Waals surface area contributed by atoms with Crippen molar-refractivity contribution in [1.82, 2.24) is 4.98 Å². The number of alkyl halides is 3. The summed E-state index contributed by atoms with van der Waals surface area (Å²) in [4.78, 5) is 4.18. The van der Waals surface area contributed by atoms with Crippen LogP contribution in [-0.2, 0) is 24.6 Å². The Hall–Kier alpha value is -1.60. The van der Waals surface area contributed by atoms with Gasteiger partial charge in [0, 0.05) is 5.38 Å². The van der Waals surface area contributed by atoms with Crippen LogP contribution in [0.15, 0.2) is 29.6 Å². The van der Waals surface area contributed by atoms with Gasteiger partial charge >= 0.3 is 6.36 Å². The number of hydrogen-bond donors (Lipinski definition) is 0. The Morgan fingerprint density at radius 3 is 2.43 bits per heavy atom. The molecule has 113 valence electrons. The largest absolute Gasteiger partial charge is 0.573 e. The zero-order chi connectivity index (χ0) is 15.3. The lowest BCUT2D eigenvalue weighted by Gasteiger charge is -2.09. The minimum absolute atomic E-state index is 0.217. The molecule has 0 atom stereocenters. The van der Waals surface area contributed by atoms with Crippen LogP contribution in [0.5, 0.6) is 5.75 Å². The van der Waals surface area contributed by atoms with E-state index < -0.39 is 6.36 Å². The van der Waals surface area contributed by atoms with Gasteiger partial charge in [0.25, 0.3) is 0 Å². The van der Waals surface area contributed by atoms with Crippen LogP contribution in [0.4, 0.5) is 13.2 Å². The molecule has 2 rings (SSSR count). The Morgan fingerprint density at radius 2 is 1.86 bits per heavy atom. The van der Waals surface area contributed by atoms with Crippen molar-refractivity contribution in [2.24, 2.45) is 0 Å². The number of aryl methyl sites for hydroxylation is 2. The average Bonchev–Trinajstić information content (AvgIpc) is 2.87. The number of thiazole rings is 1. The summed E-state index contributed by atoms with van der Waals surface area (Å²) in [5.74, 6) is -0.217. The fraction of sp³-hybridized carbons (Fsp3) is 0.357. The smallest absolute Gasteiger partial charge is 0.406 e. The van der Waals surface area contributed by atoms with Crippen LogP contribution in [0.3, 0.4) is 0 Å². The molecule has 7 heteroatoms. The van der Waals surface area contributed by atoms with Crippen LogP contribution in [0.25, 0.3) is 0 Å². The quantitative estimate of drug-likeness (QED) is 0.803. The number of benzene rings is 1. The molecule has 0 saturated heterocycles. The third kappa shape index (κ3) is 5.35. The van der Waals surface area contributed by atoms with E-state index in [9.17, 15) is 18.3 Å². The lowest BCUT2D eigenvalue weighted by atomic mass is 10.1. The van der Waals surface area contributed by atoms with Crippen LogP contribution < -0.4 is 4.74 Å². The van der Waals surface area contributed by atoms with Gasteiger partial charge in [0.05, 0.1) is 5.69 Å². The van der Waals surface area contributed by atoms with Gasteiger partial charge in [0.15, 0.2) is 0 Å². The molecule has 0 aliphatic carbocycles. The standard InChI is InChI=1S/C14H13F3NO2S/c15-14(16,17)20-12-6-4-10(5-7-12)2-1-3-11-9-21-13(8-19)18-11/h4-7,9H,1-3,8H2. The molecule has 0 saturated carbocycles. The summed E-state index contributed by atoms with van der Waals surface area (Å²) in [7, 11) is 0. The number of halogens is 3. The lowest BCUT2D eigenvalue weighted by Crippen LogP contribution is -2.17. The maximum Gasteiger partial charge on any atom is 0.573 e. The summed E-state index contributed by atoms with van der Waals surface area (Å²) in [6, 6.07) is 5.85. The van der Waals surface area contributed by atoms with Gasteiger partial charge in [0.2, 0.25) is 0 Å². The molecule has 0 bridgehead atoms. The molecule has 0 aliphatic rings. The SMILES string of the molecule is [O]Cc1nc(CCCc2ccc(OC(F)(F)F)cc2)cs1. The summed E-state index contributed by atoms with van der Waals surface area (Å²) in [6.07, 6.45) is -2.36. The lowest BCUT2D eigenvalue weighted by molar-refractivity contribution is -0.274. The normalized spacial score (nSPS) is 11.6. The van der Waals surface area contributed by atoms with Crippen LogP contribution in [0.1, 0.15) is 22.7 Å². The second kappa shape index (κ2) is 6.91. The molecule has 0 N–H and O–H groups in total. The van der Waals surface area contributed by atoms with E-state index >= 15 is 0 Å². The highest BCUT2D eigenvalue weighted by atomic mass is 32.1. The Morgan fingerprint density at radius 1 is 1.14 bits per heavy atom. The van der Waals surface area contributed by atoms with Crippen LogP contribution in [0.2, 0.25) is 0 Å². The first-order valence-corrected chi connectivity index (χ1v) is 7.20. The van der Waals surface area contributed by atoms with E-state index in [-0.39, 0.29) is 12.4 Å². The van der Waals surface area contributed by atoms with Gasteiger partial charge in [-0.25, -0.2) is 10.1 Å². The first kappa shape index (κ1) is 15.8. The van der Waals surface area contributed by atoms with Crippen LogP contribution in [-0.4, -0.2) is 11.3 Å². The van der Waals surface area contributed by atoms with E-state index in [1.54, 1.807) is 12.1 Å². The predicted molar refractivity (Wildman–Crippen MR) is 71.7 cm³/mol. The molecule has 21 heavy (non-hydrogen) atoms. The van der Waals surface area contributed by atoms with Crippen LogP contribution >= 0.6 is 11.3 Å². The van der Waals surface area contributed by atoms with E-state index in [0.717, 1.165) is 30.5 Å². The predicted octanol–water partition coefficient (Wildman–Crippen LogP) is 4.15. The minimum atomic E-state index is -4.66. The highest BCUT2D eigenvalue weighted by Gasteiger charge is 2.30. The molecule has 0 amide bonds. The van der Waals surface area contributed by atoms with Gasteiger partial charge in [-0.2, -0.15) is 0 Å².